The zero-order valence-corrected chi connectivity index (χ0v) is 9.58. The van der Waals surface area contributed by atoms with Crippen LogP contribution in [0.5, 0.6) is 0 Å². The van der Waals surface area contributed by atoms with Crippen LogP contribution in [-0.2, 0) is 15.3 Å². The van der Waals surface area contributed by atoms with Crippen molar-refractivity contribution in [1.82, 2.24) is 0 Å². The lowest BCUT2D eigenvalue weighted by Crippen LogP contribution is -2.06. The van der Waals surface area contributed by atoms with Crippen LogP contribution >= 0.6 is 11.8 Å². The number of rotatable bonds is 6. The van der Waals surface area contributed by atoms with Gasteiger partial charge in [-0.25, -0.2) is 4.79 Å². The van der Waals surface area contributed by atoms with Crippen LogP contribution in [0.4, 0.5) is 0 Å². The SMILES string of the molecule is CCOC(=O)CSCc1ccc(C(=O)O)o1. The Morgan fingerprint density at radius 1 is 1.50 bits per heavy atom. The Hall–Kier alpha value is -1.43. The van der Waals surface area contributed by atoms with Crippen molar-refractivity contribution in [3.05, 3.63) is 23.7 Å². The molecule has 88 valence electrons. The first-order valence-electron chi connectivity index (χ1n) is 4.69. The molecule has 0 bridgehead atoms. The Morgan fingerprint density at radius 3 is 2.81 bits per heavy atom. The van der Waals surface area contributed by atoms with Gasteiger partial charge in [-0.05, 0) is 19.1 Å². The molecular weight excluding hydrogens is 232 g/mol. The van der Waals surface area contributed by atoms with E-state index in [-0.39, 0.29) is 17.5 Å². The first-order valence-corrected chi connectivity index (χ1v) is 5.84. The molecule has 0 unspecified atom stereocenters. The summed E-state index contributed by atoms with van der Waals surface area (Å²) >= 11 is 1.32. The third-order valence-electron chi connectivity index (χ3n) is 1.64. The van der Waals surface area contributed by atoms with Crippen molar-refractivity contribution in [3.63, 3.8) is 0 Å². The standard InChI is InChI=1S/C10H12O5S/c1-2-14-9(11)6-16-5-7-3-4-8(15-7)10(12)13/h3-4H,2,5-6H2,1H3,(H,12,13). The van der Waals surface area contributed by atoms with Gasteiger partial charge in [-0.15, -0.1) is 11.8 Å². The molecule has 0 fully saturated rings. The van der Waals surface area contributed by atoms with E-state index in [9.17, 15) is 9.59 Å². The first kappa shape index (κ1) is 12.6. The number of carboxylic acids is 1. The van der Waals surface area contributed by atoms with Crippen LogP contribution in [0.3, 0.4) is 0 Å². The van der Waals surface area contributed by atoms with Crippen molar-refractivity contribution in [1.29, 1.82) is 0 Å². The summed E-state index contributed by atoms with van der Waals surface area (Å²) in [7, 11) is 0. The predicted molar refractivity (Wildman–Crippen MR) is 58.5 cm³/mol. The van der Waals surface area contributed by atoms with Crippen molar-refractivity contribution in [2.24, 2.45) is 0 Å². The minimum Gasteiger partial charge on any atom is -0.475 e. The lowest BCUT2D eigenvalue weighted by molar-refractivity contribution is -0.139. The topological polar surface area (TPSA) is 76.7 Å². The lowest BCUT2D eigenvalue weighted by atomic mass is 10.4. The van der Waals surface area contributed by atoms with E-state index in [1.807, 2.05) is 0 Å². The molecule has 1 aromatic heterocycles. The van der Waals surface area contributed by atoms with Crippen LogP contribution in [0.15, 0.2) is 16.5 Å². The molecule has 1 heterocycles. The van der Waals surface area contributed by atoms with E-state index >= 15 is 0 Å². The zero-order valence-electron chi connectivity index (χ0n) is 8.76. The minimum absolute atomic E-state index is 0.0910. The van der Waals surface area contributed by atoms with Gasteiger partial charge in [-0.3, -0.25) is 4.79 Å². The van der Waals surface area contributed by atoms with Crippen LogP contribution in [0.25, 0.3) is 0 Å². The Labute approximate surface area is 96.8 Å². The molecule has 5 nitrogen and oxygen atoms in total. The number of ether oxygens (including phenoxy) is 1. The fourth-order valence-corrected chi connectivity index (χ4v) is 1.72. The number of carbonyl (C=O) groups excluding carboxylic acids is 1. The van der Waals surface area contributed by atoms with E-state index in [1.165, 1.54) is 17.8 Å². The van der Waals surface area contributed by atoms with Crippen LogP contribution in [0.2, 0.25) is 0 Å². The molecule has 0 aromatic carbocycles. The van der Waals surface area contributed by atoms with Crippen molar-refractivity contribution < 1.29 is 23.8 Å². The number of carboxylic acid groups (broad SMARTS) is 1. The van der Waals surface area contributed by atoms with Crippen LogP contribution in [-0.4, -0.2) is 29.4 Å². The Kier molecular flexibility index (Phi) is 4.91. The maximum atomic E-state index is 11.0. The van der Waals surface area contributed by atoms with Gasteiger partial charge in [0.15, 0.2) is 0 Å². The van der Waals surface area contributed by atoms with E-state index in [0.29, 0.717) is 18.1 Å². The number of aromatic carboxylic acids is 1. The molecule has 0 saturated carbocycles. The van der Waals surface area contributed by atoms with Crippen molar-refractivity contribution >= 4 is 23.7 Å². The quantitative estimate of drug-likeness (QED) is 0.768. The maximum Gasteiger partial charge on any atom is 0.371 e. The molecule has 0 radical (unpaired) electrons. The molecule has 0 atom stereocenters. The fourth-order valence-electron chi connectivity index (χ4n) is 1.01. The molecule has 0 aliphatic rings. The van der Waals surface area contributed by atoms with Gasteiger partial charge in [-0.2, -0.15) is 0 Å². The number of carbonyl (C=O) groups is 2. The molecule has 0 saturated heterocycles. The number of esters is 1. The number of hydrogen-bond donors (Lipinski definition) is 1. The van der Waals surface area contributed by atoms with Gasteiger partial charge < -0.3 is 14.3 Å². The van der Waals surface area contributed by atoms with Gasteiger partial charge >= 0.3 is 11.9 Å². The van der Waals surface area contributed by atoms with Gasteiger partial charge in [-0.1, -0.05) is 0 Å². The van der Waals surface area contributed by atoms with E-state index in [4.69, 9.17) is 14.3 Å². The summed E-state index contributed by atoms with van der Waals surface area (Å²) in [5, 5.41) is 8.61. The van der Waals surface area contributed by atoms with E-state index in [2.05, 4.69) is 0 Å². The Balaban J connectivity index is 2.32. The molecule has 1 rings (SSSR count). The summed E-state index contributed by atoms with van der Waals surface area (Å²) in [6.45, 7) is 2.11. The number of hydrogen-bond acceptors (Lipinski definition) is 5. The third kappa shape index (κ3) is 3.98. The molecule has 1 N–H and O–H groups in total. The zero-order chi connectivity index (χ0) is 12.0. The molecule has 1 aromatic rings. The molecular formula is C10H12O5S. The molecule has 0 aliphatic heterocycles. The van der Waals surface area contributed by atoms with Gasteiger partial charge in [0.2, 0.25) is 5.76 Å². The third-order valence-corrected chi connectivity index (χ3v) is 2.57. The summed E-state index contributed by atoms with van der Waals surface area (Å²) in [5.74, 6) is -0.249. The summed E-state index contributed by atoms with van der Waals surface area (Å²) in [5.41, 5.74) is 0. The summed E-state index contributed by atoms with van der Waals surface area (Å²) in [6.07, 6.45) is 0. The monoisotopic (exact) mass is 244 g/mol. The number of furan rings is 1. The smallest absolute Gasteiger partial charge is 0.371 e. The molecule has 16 heavy (non-hydrogen) atoms. The highest BCUT2D eigenvalue weighted by Gasteiger charge is 2.09. The summed E-state index contributed by atoms with van der Waals surface area (Å²) in [4.78, 5) is 21.5. The Bertz CT molecular complexity index is 371. The molecule has 0 aliphatic carbocycles. The second kappa shape index (κ2) is 6.22. The second-order valence-electron chi connectivity index (χ2n) is 2.87. The van der Waals surface area contributed by atoms with Gasteiger partial charge in [0.25, 0.3) is 0 Å². The highest BCUT2D eigenvalue weighted by Crippen LogP contribution is 2.15. The average Bonchev–Trinajstić information content (AvgIpc) is 2.67. The maximum absolute atomic E-state index is 11.0. The van der Waals surface area contributed by atoms with Crippen LogP contribution in [0.1, 0.15) is 23.2 Å². The van der Waals surface area contributed by atoms with Crippen molar-refractivity contribution in [2.75, 3.05) is 12.4 Å². The highest BCUT2D eigenvalue weighted by atomic mass is 32.2. The van der Waals surface area contributed by atoms with Crippen LogP contribution in [0, 0.1) is 0 Å². The predicted octanol–water partition coefficient (Wildman–Crippen LogP) is 1.77. The Morgan fingerprint density at radius 2 is 2.25 bits per heavy atom. The lowest BCUT2D eigenvalue weighted by Gasteiger charge is -1.99. The molecule has 6 heteroatoms. The van der Waals surface area contributed by atoms with Gasteiger partial charge in [0.1, 0.15) is 5.76 Å². The number of thioether (sulfide) groups is 1. The van der Waals surface area contributed by atoms with E-state index in [1.54, 1.807) is 13.0 Å². The fraction of sp³-hybridized carbons (Fsp3) is 0.400. The minimum atomic E-state index is -1.10. The summed E-state index contributed by atoms with van der Waals surface area (Å²) in [6, 6.07) is 2.98. The molecule has 0 spiro atoms. The first-order chi connectivity index (χ1) is 7.63. The van der Waals surface area contributed by atoms with Gasteiger partial charge in [0, 0.05) is 0 Å². The van der Waals surface area contributed by atoms with Crippen LogP contribution < -0.4 is 0 Å². The van der Waals surface area contributed by atoms with Gasteiger partial charge in [0.05, 0.1) is 18.1 Å². The second-order valence-corrected chi connectivity index (χ2v) is 3.85. The van der Waals surface area contributed by atoms with Crippen molar-refractivity contribution in [3.8, 4) is 0 Å². The largest absolute Gasteiger partial charge is 0.475 e. The van der Waals surface area contributed by atoms with E-state index in [0.717, 1.165) is 0 Å². The van der Waals surface area contributed by atoms with E-state index < -0.39 is 5.97 Å². The average molecular weight is 244 g/mol. The van der Waals surface area contributed by atoms with Crippen molar-refractivity contribution in [2.45, 2.75) is 12.7 Å². The summed E-state index contributed by atoms with van der Waals surface area (Å²) < 4.78 is 9.75. The molecule has 0 amide bonds. The highest BCUT2D eigenvalue weighted by molar-refractivity contribution is 7.99. The normalized spacial score (nSPS) is 10.1.